The van der Waals surface area contributed by atoms with Gasteiger partial charge in [-0.05, 0) is 62.1 Å². The van der Waals surface area contributed by atoms with E-state index in [0.29, 0.717) is 11.5 Å². The average Bonchev–Trinajstić information content (AvgIpc) is 3.54. The predicted molar refractivity (Wildman–Crippen MR) is 136 cm³/mol. The van der Waals surface area contributed by atoms with E-state index in [2.05, 4.69) is 69.9 Å². The SMILES string of the molecule is CCNC(=NCC1(Cc2ccccc2)CC1)NC1CCN(c2ccccn2)CC1.I. The topological polar surface area (TPSA) is 52.6 Å². The predicted octanol–water partition coefficient (Wildman–Crippen LogP) is 4.25. The molecule has 0 unspecified atom stereocenters. The molecule has 5 nitrogen and oxygen atoms in total. The number of rotatable bonds is 7. The number of pyridine rings is 1. The number of hydrogen-bond acceptors (Lipinski definition) is 3. The summed E-state index contributed by atoms with van der Waals surface area (Å²) in [6.07, 6.45) is 7.80. The molecule has 162 valence electrons. The van der Waals surface area contributed by atoms with Crippen LogP contribution in [0.5, 0.6) is 0 Å². The van der Waals surface area contributed by atoms with Crippen molar-refractivity contribution in [1.82, 2.24) is 15.6 Å². The minimum absolute atomic E-state index is 0. The third-order valence-corrected chi connectivity index (χ3v) is 6.10. The summed E-state index contributed by atoms with van der Waals surface area (Å²) in [7, 11) is 0. The van der Waals surface area contributed by atoms with Crippen molar-refractivity contribution >= 4 is 35.8 Å². The first-order valence-corrected chi connectivity index (χ1v) is 11.0. The Labute approximate surface area is 197 Å². The van der Waals surface area contributed by atoms with Gasteiger partial charge >= 0.3 is 0 Å². The normalized spacial score (nSPS) is 18.4. The molecule has 1 aromatic carbocycles. The third-order valence-electron chi connectivity index (χ3n) is 6.10. The van der Waals surface area contributed by atoms with Gasteiger partial charge in [-0.25, -0.2) is 4.98 Å². The van der Waals surface area contributed by atoms with E-state index in [9.17, 15) is 0 Å². The number of hydrogen-bond donors (Lipinski definition) is 2. The van der Waals surface area contributed by atoms with Crippen LogP contribution in [0.15, 0.2) is 59.7 Å². The quantitative estimate of drug-likeness (QED) is 0.327. The van der Waals surface area contributed by atoms with E-state index in [1.165, 1.54) is 18.4 Å². The highest BCUT2D eigenvalue weighted by molar-refractivity contribution is 14.0. The molecule has 1 aliphatic carbocycles. The van der Waals surface area contributed by atoms with Crippen LogP contribution in [0, 0.1) is 5.41 Å². The molecule has 0 atom stereocenters. The largest absolute Gasteiger partial charge is 0.357 e. The van der Waals surface area contributed by atoms with Gasteiger partial charge in [0, 0.05) is 38.4 Å². The minimum Gasteiger partial charge on any atom is -0.357 e. The van der Waals surface area contributed by atoms with E-state index in [1.54, 1.807) is 0 Å². The van der Waals surface area contributed by atoms with E-state index in [0.717, 1.165) is 57.2 Å². The van der Waals surface area contributed by atoms with Gasteiger partial charge in [0.1, 0.15) is 5.82 Å². The van der Waals surface area contributed by atoms with E-state index in [4.69, 9.17) is 4.99 Å². The molecule has 6 heteroatoms. The average molecular weight is 519 g/mol. The van der Waals surface area contributed by atoms with Crippen molar-refractivity contribution in [3.8, 4) is 0 Å². The fourth-order valence-corrected chi connectivity index (χ4v) is 4.15. The molecule has 1 aromatic heterocycles. The first-order chi connectivity index (χ1) is 14.3. The first kappa shape index (κ1) is 22.8. The van der Waals surface area contributed by atoms with Gasteiger partial charge in [-0.2, -0.15) is 0 Å². The van der Waals surface area contributed by atoms with E-state index in [1.807, 2.05) is 12.3 Å². The molecule has 0 amide bonds. The lowest BCUT2D eigenvalue weighted by molar-refractivity contribution is 0.457. The fourth-order valence-electron chi connectivity index (χ4n) is 4.15. The van der Waals surface area contributed by atoms with Crippen LogP contribution in [0.1, 0.15) is 38.2 Å². The summed E-state index contributed by atoms with van der Waals surface area (Å²) in [5, 5.41) is 7.13. The highest BCUT2D eigenvalue weighted by Crippen LogP contribution is 2.48. The zero-order chi connectivity index (χ0) is 19.9. The fraction of sp³-hybridized carbons (Fsp3) is 0.500. The minimum atomic E-state index is 0. The Morgan fingerprint density at radius 3 is 2.47 bits per heavy atom. The Kier molecular flexibility index (Phi) is 8.36. The van der Waals surface area contributed by atoms with Crippen molar-refractivity contribution in [3.05, 3.63) is 60.3 Å². The lowest BCUT2D eigenvalue weighted by Gasteiger charge is -2.33. The van der Waals surface area contributed by atoms with Gasteiger partial charge in [0.05, 0.1) is 0 Å². The number of guanidine groups is 1. The molecular formula is C24H34IN5. The molecule has 1 saturated heterocycles. The maximum Gasteiger partial charge on any atom is 0.191 e. The van der Waals surface area contributed by atoms with Crippen molar-refractivity contribution in [2.45, 2.75) is 45.1 Å². The maximum absolute atomic E-state index is 4.98. The zero-order valence-electron chi connectivity index (χ0n) is 17.9. The Bertz CT molecular complexity index is 784. The number of anilines is 1. The highest BCUT2D eigenvalue weighted by Gasteiger charge is 2.42. The smallest absolute Gasteiger partial charge is 0.191 e. The zero-order valence-corrected chi connectivity index (χ0v) is 20.2. The van der Waals surface area contributed by atoms with Crippen LogP contribution in [0.3, 0.4) is 0 Å². The van der Waals surface area contributed by atoms with Crippen LogP contribution in [-0.2, 0) is 6.42 Å². The van der Waals surface area contributed by atoms with Gasteiger partial charge in [-0.3, -0.25) is 4.99 Å². The van der Waals surface area contributed by atoms with Crippen molar-refractivity contribution < 1.29 is 0 Å². The van der Waals surface area contributed by atoms with Crippen molar-refractivity contribution in [2.24, 2.45) is 10.4 Å². The summed E-state index contributed by atoms with van der Waals surface area (Å²) in [6.45, 7) is 6.00. The van der Waals surface area contributed by atoms with Crippen LogP contribution >= 0.6 is 24.0 Å². The molecule has 2 fully saturated rings. The summed E-state index contributed by atoms with van der Waals surface area (Å²) >= 11 is 0. The molecule has 0 radical (unpaired) electrons. The molecule has 30 heavy (non-hydrogen) atoms. The summed E-state index contributed by atoms with van der Waals surface area (Å²) in [4.78, 5) is 11.8. The lowest BCUT2D eigenvalue weighted by atomic mass is 9.97. The first-order valence-electron chi connectivity index (χ1n) is 11.0. The summed E-state index contributed by atoms with van der Waals surface area (Å²) < 4.78 is 0. The lowest BCUT2D eigenvalue weighted by Crippen LogP contribution is -2.49. The number of benzene rings is 1. The maximum atomic E-state index is 4.98. The van der Waals surface area contributed by atoms with Crippen molar-refractivity contribution in [3.63, 3.8) is 0 Å². The molecule has 1 aliphatic heterocycles. The van der Waals surface area contributed by atoms with Crippen LogP contribution < -0.4 is 15.5 Å². The van der Waals surface area contributed by atoms with Crippen LogP contribution in [0.2, 0.25) is 0 Å². The molecule has 2 N–H and O–H groups in total. The Hall–Kier alpha value is -1.83. The van der Waals surface area contributed by atoms with Gasteiger partial charge < -0.3 is 15.5 Å². The number of nitrogens with zero attached hydrogens (tertiary/aromatic N) is 3. The standard InChI is InChI=1S/C24H33N5.HI/c1-2-25-23(27-19-24(13-14-24)18-20-8-4-3-5-9-20)28-21-11-16-29(17-12-21)22-10-6-7-15-26-22;/h3-10,15,21H,2,11-14,16-19H2,1H3,(H2,25,27,28);1H. The highest BCUT2D eigenvalue weighted by atomic mass is 127. The van der Waals surface area contributed by atoms with Gasteiger partial charge in [0.25, 0.3) is 0 Å². The van der Waals surface area contributed by atoms with Crippen LogP contribution in [0.25, 0.3) is 0 Å². The van der Waals surface area contributed by atoms with Gasteiger partial charge in [-0.15, -0.1) is 24.0 Å². The Balaban J connectivity index is 0.00000256. The van der Waals surface area contributed by atoms with E-state index >= 15 is 0 Å². The van der Waals surface area contributed by atoms with Gasteiger partial charge in [0.2, 0.25) is 0 Å². The number of nitrogens with one attached hydrogen (secondary N) is 2. The van der Waals surface area contributed by atoms with Gasteiger partial charge in [0.15, 0.2) is 5.96 Å². The number of aliphatic imine (C=N–C) groups is 1. The molecule has 2 heterocycles. The number of halogens is 1. The van der Waals surface area contributed by atoms with E-state index in [-0.39, 0.29) is 24.0 Å². The number of piperidine rings is 1. The van der Waals surface area contributed by atoms with Crippen molar-refractivity contribution in [1.29, 1.82) is 0 Å². The summed E-state index contributed by atoms with van der Waals surface area (Å²) in [5.74, 6) is 2.06. The summed E-state index contributed by atoms with van der Waals surface area (Å²) in [5.41, 5.74) is 1.80. The Morgan fingerprint density at radius 1 is 1.10 bits per heavy atom. The van der Waals surface area contributed by atoms with E-state index < -0.39 is 0 Å². The molecule has 0 bridgehead atoms. The molecule has 0 spiro atoms. The second-order valence-corrected chi connectivity index (χ2v) is 8.45. The van der Waals surface area contributed by atoms with Gasteiger partial charge in [-0.1, -0.05) is 36.4 Å². The third kappa shape index (κ3) is 6.33. The molecular weight excluding hydrogens is 485 g/mol. The summed E-state index contributed by atoms with van der Waals surface area (Å²) in [6, 6.07) is 17.4. The second-order valence-electron chi connectivity index (χ2n) is 8.45. The van der Waals surface area contributed by atoms with Crippen LogP contribution in [-0.4, -0.2) is 43.2 Å². The monoisotopic (exact) mass is 519 g/mol. The molecule has 2 aromatic rings. The van der Waals surface area contributed by atoms with Crippen molar-refractivity contribution in [2.75, 3.05) is 31.1 Å². The molecule has 1 saturated carbocycles. The number of aromatic nitrogens is 1. The molecule has 2 aliphatic rings. The molecule has 4 rings (SSSR count). The Morgan fingerprint density at radius 2 is 1.83 bits per heavy atom. The van der Waals surface area contributed by atoms with Crippen LogP contribution in [0.4, 0.5) is 5.82 Å². The second kappa shape index (κ2) is 11.0.